The Labute approximate surface area is 161 Å². The summed E-state index contributed by atoms with van der Waals surface area (Å²) in [5, 5.41) is 16.5. The number of nitrogens with zero attached hydrogens (tertiary/aromatic N) is 2. The van der Waals surface area contributed by atoms with E-state index >= 15 is 0 Å². The van der Waals surface area contributed by atoms with E-state index in [-0.39, 0.29) is 10.6 Å². The highest BCUT2D eigenvalue weighted by molar-refractivity contribution is 7.89. The van der Waals surface area contributed by atoms with Crippen molar-refractivity contribution < 1.29 is 18.1 Å². The zero-order valence-corrected chi connectivity index (χ0v) is 15.7. The molecule has 9 heteroatoms. The molecule has 0 unspecified atom stereocenters. The highest BCUT2D eigenvalue weighted by Crippen LogP contribution is 2.26. The Morgan fingerprint density at radius 3 is 2.68 bits per heavy atom. The van der Waals surface area contributed by atoms with Crippen molar-refractivity contribution in [1.82, 2.24) is 4.83 Å². The molecule has 0 atom stereocenters. The van der Waals surface area contributed by atoms with E-state index in [0.717, 1.165) is 16.8 Å². The molecule has 0 radical (unpaired) electrons. The number of hydrazone groups is 1. The van der Waals surface area contributed by atoms with Crippen molar-refractivity contribution in [3.63, 3.8) is 0 Å². The van der Waals surface area contributed by atoms with Crippen molar-refractivity contribution >= 4 is 32.7 Å². The highest BCUT2D eigenvalue weighted by Gasteiger charge is 2.17. The molecule has 0 aliphatic heterocycles. The van der Waals surface area contributed by atoms with Gasteiger partial charge in [-0.3, -0.25) is 10.1 Å². The van der Waals surface area contributed by atoms with Crippen LogP contribution in [0.25, 0.3) is 10.8 Å². The van der Waals surface area contributed by atoms with Crippen molar-refractivity contribution in [2.45, 2.75) is 11.8 Å². The van der Waals surface area contributed by atoms with Gasteiger partial charge in [0.05, 0.1) is 22.6 Å². The van der Waals surface area contributed by atoms with E-state index in [4.69, 9.17) is 4.74 Å². The average molecular weight is 399 g/mol. The zero-order valence-electron chi connectivity index (χ0n) is 14.9. The van der Waals surface area contributed by atoms with Crippen LogP contribution in [0.2, 0.25) is 0 Å². The van der Waals surface area contributed by atoms with Crippen LogP contribution in [0.4, 0.5) is 5.69 Å². The van der Waals surface area contributed by atoms with Gasteiger partial charge in [-0.15, -0.1) is 0 Å². The van der Waals surface area contributed by atoms with Crippen LogP contribution in [0.5, 0.6) is 5.75 Å². The molecule has 3 rings (SSSR count). The third kappa shape index (κ3) is 4.09. The summed E-state index contributed by atoms with van der Waals surface area (Å²) < 4.78 is 30.4. The van der Waals surface area contributed by atoms with E-state index in [1.54, 1.807) is 6.07 Å². The molecular weight excluding hydrogens is 382 g/mol. The number of non-ortho nitro benzene ring substituents is 1. The topological polar surface area (TPSA) is 111 Å². The molecule has 0 amide bonds. The molecule has 0 saturated carbocycles. The van der Waals surface area contributed by atoms with Gasteiger partial charge < -0.3 is 4.74 Å². The van der Waals surface area contributed by atoms with Gasteiger partial charge in [0.15, 0.2) is 0 Å². The van der Waals surface area contributed by atoms with Crippen LogP contribution < -0.4 is 9.57 Å². The van der Waals surface area contributed by atoms with Gasteiger partial charge in [0, 0.05) is 17.7 Å². The molecule has 144 valence electrons. The minimum absolute atomic E-state index is 0.248. The Kier molecular flexibility index (Phi) is 5.55. The first-order valence-corrected chi connectivity index (χ1v) is 9.84. The summed E-state index contributed by atoms with van der Waals surface area (Å²) in [6.07, 6.45) is 1.36. The number of rotatable bonds is 7. The van der Waals surface area contributed by atoms with Crippen molar-refractivity contribution in [2.75, 3.05) is 6.61 Å². The third-order valence-electron chi connectivity index (χ3n) is 3.94. The second-order valence-corrected chi connectivity index (χ2v) is 7.40. The highest BCUT2D eigenvalue weighted by atomic mass is 32.2. The Hall–Kier alpha value is -3.46. The number of ether oxygens (including phenoxy) is 1. The molecule has 0 aromatic heterocycles. The van der Waals surface area contributed by atoms with Gasteiger partial charge in [-0.05, 0) is 29.8 Å². The van der Waals surface area contributed by atoms with Gasteiger partial charge in [-0.25, -0.2) is 4.83 Å². The van der Waals surface area contributed by atoms with Gasteiger partial charge in [0.2, 0.25) is 0 Å². The molecule has 0 saturated heterocycles. The molecule has 3 aromatic carbocycles. The minimum Gasteiger partial charge on any atom is -0.493 e. The molecular formula is C19H17N3O5S. The molecule has 28 heavy (non-hydrogen) atoms. The molecule has 8 nitrogen and oxygen atoms in total. The van der Waals surface area contributed by atoms with Crippen molar-refractivity contribution in [3.05, 3.63) is 76.3 Å². The lowest BCUT2D eigenvalue weighted by Crippen LogP contribution is -2.18. The number of nitro benzene ring substituents is 1. The fourth-order valence-corrected chi connectivity index (χ4v) is 3.50. The maximum Gasteiger partial charge on any atom is 0.276 e. The molecule has 0 aliphatic carbocycles. The number of sulfonamides is 1. The number of nitrogens with one attached hydrogen (secondary N) is 1. The monoisotopic (exact) mass is 399 g/mol. The van der Waals surface area contributed by atoms with E-state index < -0.39 is 14.9 Å². The molecule has 0 aliphatic rings. The van der Waals surface area contributed by atoms with E-state index in [0.29, 0.717) is 17.9 Å². The summed E-state index contributed by atoms with van der Waals surface area (Å²) in [4.78, 5) is 12.0. The summed E-state index contributed by atoms with van der Waals surface area (Å²) >= 11 is 0. The molecule has 0 fully saturated rings. The smallest absolute Gasteiger partial charge is 0.276 e. The Balaban J connectivity index is 1.93. The van der Waals surface area contributed by atoms with Crippen LogP contribution in [-0.4, -0.2) is 26.2 Å². The quantitative estimate of drug-likeness (QED) is 0.372. The number of hydrogen-bond donors (Lipinski definition) is 1. The fourth-order valence-electron chi connectivity index (χ4n) is 2.67. The summed E-state index contributed by atoms with van der Waals surface area (Å²) in [7, 11) is -4.06. The van der Waals surface area contributed by atoms with Crippen LogP contribution in [0.3, 0.4) is 0 Å². The molecule has 0 spiro atoms. The summed E-state index contributed by atoms with van der Waals surface area (Å²) in [6.45, 7) is 2.29. The van der Waals surface area contributed by atoms with Gasteiger partial charge >= 0.3 is 0 Å². The van der Waals surface area contributed by atoms with Crippen LogP contribution in [0.1, 0.15) is 12.5 Å². The lowest BCUT2D eigenvalue weighted by Gasteiger charge is -2.10. The van der Waals surface area contributed by atoms with E-state index in [1.165, 1.54) is 24.4 Å². The predicted octanol–water partition coefficient (Wildman–Crippen LogP) is 3.46. The van der Waals surface area contributed by atoms with Crippen LogP contribution in [0.15, 0.2) is 70.7 Å². The maximum atomic E-state index is 12.4. The second kappa shape index (κ2) is 8.05. The first-order chi connectivity index (χ1) is 13.4. The van der Waals surface area contributed by atoms with Crippen molar-refractivity contribution in [1.29, 1.82) is 0 Å². The number of benzene rings is 3. The van der Waals surface area contributed by atoms with Crippen LogP contribution in [0, 0.1) is 10.1 Å². The molecule has 3 aromatic rings. The summed E-state index contributed by atoms with van der Waals surface area (Å²) in [6, 6.07) is 16.0. The Morgan fingerprint density at radius 2 is 1.93 bits per heavy atom. The first kappa shape index (κ1) is 19.3. The molecule has 0 bridgehead atoms. The van der Waals surface area contributed by atoms with Gasteiger partial charge in [-0.1, -0.05) is 36.4 Å². The van der Waals surface area contributed by atoms with Crippen molar-refractivity contribution in [3.8, 4) is 5.75 Å². The number of fused-ring (bicyclic) bond motifs is 1. The number of hydrogen-bond acceptors (Lipinski definition) is 6. The second-order valence-electron chi connectivity index (χ2n) is 5.74. The van der Waals surface area contributed by atoms with E-state index in [9.17, 15) is 18.5 Å². The largest absolute Gasteiger partial charge is 0.493 e. The summed E-state index contributed by atoms with van der Waals surface area (Å²) in [5.41, 5.74) is 0.307. The average Bonchev–Trinajstić information content (AvgIpc) is 2.69. The third-order valence-corrected chi connectivity index (χ3v) is 5.16. The Morgan fingerprint density at radius 1 is 1.14 bits per heavy atom. The molecule has 0 heterocycles. The lowest BCUT2D eigenvalue weighted by molar-refractivity contribution is -0.385. The predicted molar refractivity (Wildman–Crippen MR) is 106 cm³/mol. The molecule has 1 N–H and O–H groups in total. The minimum atomic E-state index is -4.06. The number of nitro groups is 1. The fraction of sp³-hybridized carbons (Fsp3) is 0.105. The first-order valence-electron chi connectivity index (χ1n) is 8.36. The Bertz CT molecular complexity index is 1160. The SMILES string of the molecule is CCOc1ccc2ccccc2c1/C=N/NS(=O)(=O)c1cccc([N+](=O)[O-])c1. The van der Waals surface area contributed by atoms with Gasteiger partial charge in [0.25, 0.3) is 15.7 Å². The lowest BCUT2D eigenvalue weighted by atomic mass is 10.0. The standard InChI is InChI=1S/C19H17N3O5S/c1-2-27-19-11-10-14-6-3-4-9-17(14)18(19)13-20-21-28(25,26)16-8-5-7-15(12-16)22(23)24/h3-13,21H,2H2,1H3/b20-13+. The summed E-state index contributed by atoms with van der Waals surface area (Å²) in [5.74, 6) is 0.569. The normalized spacial score (nSPS) is 11.6. The maximum absolute atomic E-state index is 12.4. The zero-order chi connectivity index (χ0) is 20.1. The van der Waals surface area contributed by atoms with E-state index in [2.05, 4.69) is 9.93 Å². The van der Waals surface area contributed by atoms with E-state index in [1.807, 2.05) is 37.3 Å². The van der Waals surface area contributed by atoms with Crippen molar-refractivity contribution in [2.24, 2.45) is 5.10 Å². The van der Waals surface area contributed by atoms with Crippen LogP contribution in [-0.2, 0) is 10.0 Å². The van der Waals surface area contributed by atoms with Gasteiger partial charge in [0.1, 0.15) is 5.75 Å². The van der Waals surface area contributed by atoms with Gasteiger partial charge in [-0.2, -0.15) is 13.5 Å². The van der Waals surface area contributed by atoms with Crippen LogP contribution >= 0.6 is 0 Å².